The number of aliphatic hydroxyl groups is 1. The summed E-state index contributed by atoms with van der Waals surface area (Å²) < 4.78 is 22.4. The van der Waals surface area contributed by atoms with Crippen LogP contribution in [0.25, 0.3) is 0 Å². The van der Waals surface area contributed by atoms with Gasteiger partial charge in [-0.25, -0.2) is 4.98 Å². The van der Waals surface area contributed by atoms with E-state index < -0.39 is 46.7 Å². The third-order valence-corrected chi connectivity index (χ3v) is 10.4. The van der Waals surface area contributed by atoms with Gasteiger partial charge in [-0.05, 0) is 29.5 Å². The summed E-state index contributed by atoms with van der Waals surface area (Å²) in [6.45, 7) is 1.85. The number of rotatable bonds is 12. The number of hydrogen-bond donors (Lipinski definition) is 3. The zero-order valence-corrected chi connectivity index (χ0v) is 30.2. The molecule has 1 spiro atoms. The van der Waals surface area contributed by atoms with E-state index in [-0.39, 0.29) is 52.9 Å². The second kappa shape index (κ2) is 14.8. The van der Waals surface area contributed by atoms with Crippen molar-refractivity contribution in [3.63, 3.8) is 0 Å². The van der Waals surface area contributed by atoms with Crippen LogP contribution in [0.1, 0.15) is 64.9 Å². The van der Waals surface area contributed by atoms with Crippen LogP contribution < -0.4 is 19.5 Å². The number of aromatic nitrogens is 3. The van der Waals surface area contributed by atoms with E-state index in [1.165, 1.54) is 39.2 Å². The molecule has 12 nitrogen and oxygen atoms in total. The van der Waals surface area contributed by atoms with Crippen molar-refractivity contribution in [1.82, 2.24) is 20.5 Å². The SMILES string of the molecule is COCc1nc(C(NC(=O)CC(C2=C(O)C3(Oc4c(Cl)c(OC)cc(OC)c4C3=O)C(C)CC2=O)c2ccc(SC)cc2)c2ccccc2)n[nH]1. The highest BCUT2D eigenvalue weighted by Gasteiger charge is 2.61. The van der Waals surface area contributed by atoms with Crippen molar-refractivity contribution in [3.8, 4) is 17.2 Å². The summed E-state index contributed by atoms with van der Waals surface area (Å²) >= 11 is 8.17. The number of ether oxygens (including phenoxy) is 4. The minimum Gasteiger partial charge on any atom is -0.507 e. The summed E-state index contributed by atoms with van der Waals surface area (Å²) in [5.41, 5.74) is -0.771. The zero-order chi connectivity index (χ0) is 36.4. The van der Waals surface area contributed by atoms with Crippen LogP contribution in [0.5, 0.6) is 17.2 Å². The molecule has 1 amide bonds. The number of aliphatic hydroxyl groups excluding tert-OH is 1. The Kier molecular flexibility index (Phi) is 10.4. The molecule has 4 atom stereocenters. The summed E-state index contributed by atoms with van der Waals surface area (Å²) in [6, 6.07) is 17.3. The maximum atomic E-state index is 14.4. The van der Waals surface area contributed by atoms with Gasteiger partial charge in [0.25, 0.3) is 0 Å². The molecule has 1 aromatic heterocycles. The molecular weight excluding hydrogens is 696 g/mol. The lowest BCUT2D eigenvalue weighted by atomic mass is 9.69. The largest absolute Gasteiger partial charge is 0.507 e. The van der Waals surface area contributed by atoms with E-state index in [2.05, 4.69) is 20.5 Å². The van der Waals surface area contributed by atoms with E-state index in [0.29, 0.717) is 17.2 Å². The average molecular weight is 733 g/mol. The Labute approximate surface area is 303 Å². The van der Waals surface area contributed by atoms with E-state index in [4.69, 9.17) is 30.5 Å². The second-order valence-electron chi connectivity index (χ2n) is 12.3. The molecule has 0 saturated heterocycles. The van der Waals surface area contributed by atoms with Crippen molar-refractivity contribution >= 4 is 40.8 Å². The van der Waals surface area contributed by atoms with Crippen LogP contribution in [0.2, 0.25) is 5.02 Å². The lowest BCUT2D eigenvalue weighted by molar-refractivity contribution is -0.122. The molecular formula is C37H37ClN4O8S. The maximum Gasteiger partial charge on any atom is 0.231 e. The molecule has 4 unspecified atom stereocenters. The monoisotopic (exact) mass is 732 g/mol. The Bertz CT molecular complexity index is 2000. The van der Waals surface area contributed by atoms with E-state index >= 15 is 0 Å². The lowest BCUT2D eigenvalue weighted by Gasteiger charge is -2.38. The standard InChI is InChI=1S/C37H37ClN4O8S/c1-19-15-24(43)29(34(45)37(19)35(46)30-25(48-3)17-26(49-4)31(38)33(30)50-37)23(20-11-13-22(51-5)14-12-20)16-28(44)40-32(21-9-7-6-8-10-21)36-39-27(18-47-2)41-42-36/h6-14,17,19,23,32,45H,15-16,18H2,1-5H3,(H,40,44)(H,39,41,42). The van der Waals surface area contributed by atoms with Gasteiger partial charge in [0.2, 0.25) is 17.3 Å². The van der Waals surface area contributed by atoms with Gasteiger partial charge in [-0.1, -0.05) is 61.0 Å². The first-order valence-corrected chi connectivity index (χ1v) is 17.7. The van der Waals surface area contributed by atoms with Crippen LogP contribution in [-0.4, -0.2) is 70.9 Å². The van der Waals surface area contributed by atoms with E-state index in [0.717, 1.165) is 10.5 Å². The third kappa shape index (κ3) is 6.45. The van der Waals surface area contributed by atoms with Gasteiger partial charge < -0.3 is 29.4 Å². The molecule has 6 rings (SSSR count). The number of aromatic amines is 1. The van der Waals surface area contributed by atoms with Gasteiger partial charge in [-0.15, -0.1) is 11.8 Å². The highest BCUT2D eigenvalue weighted by atomic mass is 35.5. The molecule has 4 aromatic rings. The minimum atomic E-state index is -2.01. The fraction of sp³-hybridized carbons (Fsp3) is 0.324. The quantitative estimate of drug-likeness (QED) is 0.143. The number of allylic oxidation sites excluding steroid dienone is 1. The third-order valence-electron chi connectivity index (χ3n) is 9.29. The molecule has 1 aliphatic heterocycles. The molecule has 14 heteroatoms. The molecule has 0 fully saturated rings. The molecule has 2 aliphatic rings. The highest BCUT2D eigenvalue weighted by molar-refractivity contribution is 7.98. The van der Waals surface area contributed by atoms with Gasteiger partial charge in [0.1, 0.15) is 34.7 Å². The Morgan fingerprint density at radius 1 is 1.10 bits per heavy atom. The number of nitrogens with zero attached hydrogens (tertiary/aromatic N) is 2. The van der Waals surface area contributed by atoms with Crippen molar-refractivity contribution in [3.05, 3.63) is 105 Å². The minimum absolute atomic E-state index is 0.0198. The van der Waals surface area contributed by atoms with Gasteiger partial charge in [-0.2, -0.15) is 5.10 Å². The smallest absolute Gasteiger partial charge is 0.231 e. The topological polar surface area (TPSA) is 162 Å². The highest BCUT2D eigenvalue weighted by Crippen LogP contribution is 2.55. The Balaban J connectivity index is 1.44. The molecule has 3 aromatic carbocycles. The number of carbonyl (C=O) groups excluding carboxylic acids is 3. The molecule has 266 valence electrons. The van der Waals surface area contributed by atoms with Gasteiger partial charge in [0.05, 0.1) is 14.2 Å². The molecule has 0 saturated carbocycles. The summed E-state index contributed by atoms with van der Waals surface area (Å²) in [5.74, 6) is -2.72. The number of halogens is 1. The lowest BCUT2D eigenvalue weighted by Crippen LogP contribution is -2.53. The molecule has 3 N–H and O–H groups in total. The van der Waals surface area contributed by atoms with Gasteiger partial charge in [0.15, 0.2) is 28.9 Å². The molecule has 0 bridgehead atoms. The number of hydrogen-bond acceptors (Lipinski definition) is 11. The number of thioether (sulfide) groups is 1. The first kappa shape index (κ1) is 36.0. The Hall–Kier alpha value is -4.85. The Morgan fingerprint density at radius 2 is 1.80 bits per heavy atom. The second-order valence-corrected chi connectivity index (χ2v) is 13.5. The predicted molar refractivity (Wildman–Crippen MR) is 190 cm³/mol. The van der Waals surface area contributed by atoms with Crippen LogP contribution in [-0.2, 0) is 20.9 Å². The van der Waals surface area contributed by atoms with Gasteiger partial charge >= 0.3 is 0 Å². The fourth-order valence-corrected chi connectivity index (χ4v) is 7.42. The van der Waals surface area contributed by atoms with Crippen LogP contribution >= 0.6 is 23.4 Å². The van der Waals surface area contributed by atoms with Crippen molar-refractivity contribution in [2.24, 2.45) is 5.92 Å². The maximum absolute atomic E-state index is 14.4. The number of fused-ring (bicyclic) bond motifs is 1. The van der Waals surface area contributed by atoms with Crippen molar-refractivity contribution < 1.29 is 38.4 Å². The van der Waals surface area contributed by atoms with E-state index in [9.17, 15) is 19.5 Å². The van der Waals surface area contributed by atoms with Crippen LogP contribution in [0.4, 0.5) is 0 Å². The fourth-order valence-electron chi connectivity index (χ4n) is 6.75. The first-order chi connectivity index (χ1) is 24.6. The molecule has 1 aliphatic carbocycles. The van der Waals surface area contributed by atoms with Crippen LogP contribution in [0.3, 0.4) is 0 Å². The predicted octanol–water partition coefficient (Wildman–Crippen LogP) is 6.16. The summed E-state index contributed by atoms with van der Waals surface area (Å²) in [4.78, 5) is 48.1. The van der Waals surface area contributed by atoms with Crippen LogP contribution in [0.15, 0.2) is 76.9 Å². The number of benzene rings is 3. The normalized spacial score (nSPS) is 19.5. The number of nitrogens with one attached hydrogen (secondary N) is 2. The Morgan fingerprint density at radius 3 is 2.45 bits per heavy atom. The van der Waals surface area contributed by atoms with Gasteiger partial charge in [0, 0.05) is 48.3 Å². The summed E-state index contributed by atoms with van der Waals surface area (Å²) in [7, 11) is 4.34. The summed E-state index contributed by atoms with van der Waals surface area (Å²) in [5, 5.41) is 22.5. The van der Waals surface area contributed by atoms with E-state index in [1.807, 2.05) is 48.7 Å². The summed E-state index contributed by atoms with van der Waals surface area (Å²) in [6.07, 6.45) is 1.51. The van der Waals surface area contributed by atoms with Crippen LogP contribution in [0, 0.1) is 5.92 Å². The van der Waals surface area contributed by atoms with Crippen molar-refractivity contribution in [2.75, 3.05) is 27.6 Å². The molecule has 51 heavy (non-hydrogen) atoms. The number of carbonyl (C=O) groups is 3. The average Bonchev–Trinajstić information content (AvgIpc) is 3.73. The number of ketones is 2. The van der Waals surface area contributed by atoms with Crippen molar-refractivity contribution in [1.29, 1.82) is 0 Å². The number of Topliss-reactive ketones (excluding diaryl/α,β-unsaturated/α-hetero) is 2. The van der Waals surface area contributed by atoms with Gasteiger partial charge in [-0.3, -0.25) is 19.5 Å². The number of amides is 1. The number of methoxy groups -OCH3 is 3. The molecule has 2 heterocycles. The first-order valence-electron chi connectivity index (χ1n) is 16.1. The van der Waals surface area contributed by atoms with Crippen molar-refractivity contribution in [2.45, 2.75) is 48.8 Å². The number of H-pyrrole nitrogens is 1. The molecule has 0 radical (unpaired) electrons. The zero-order valence-electron chi connectivity index (χ0n) is 28.6. The van der Waals surface area contributed by atoms with E-state index in [1.54, 1.807) is 19.1 Å².